The lowest BCUT2D eigenvalue weighted by Gasteiger charge is -2.22. The van der Waals surface area contributed by atoms with E-state index in [1.807, 2.05) is 0 Å². The minimum atomic E-state index is -0.233. The van der Waals surface area contributed by atoms with Gasteiger partial charge in [-0.15, -0.1) is 5.10 Å². The Morgan fingerprint density at radius 1 is 1.56 bits per heavy atom. The molecule has 0 aromatic carbocycles. The van der Waals surface area contributed by atoms with Crippen LogP contribution in [0.5, 0.6) is 0 Å². The standard InChI is InChI=1S/C11H19N5O2/c17-7-1-4-13-11(18)10-8-16(15-14-10)9-2-5-12-6-3-9/h8-9,12,17H,1-7H2,(H,13,18). The molecule has 100 valence electrons. The van der Waals surface area contributed by atoms with E-state index in [0.29, 0.717) is 24.7 Å². The molecular weight excluding hydrogens is 234 g/mol. The van der Waals surface area contributed by atoms with E-state index in [1.54, 1.807) is 10.9 Å². The van der Waals surface area contributed by atoms with Crippen LogP contribution in [0.15, 0.2) is 6.20 Å². The number of nitrogens with zero attached hydrogens (tertiary/aromatic N) is 3. The fourth-order valence-electron chi connectivity index (χ4n) is 2.00. The number of rotatable bonds is 5. The van der Waals surface area contributed by atoms with Gasteiger partial charge in [0.05, 0.1) is 12.2 Å². The molecule has 7 nitrogen and oxygen atoms in total. The van der Waals surface area contributed by atoms with E-state index in [-0.39, 0.29) is 12.5 Å². The Morgan fingerprint density at radius 2 is 2.33 bits per heavy atom. The Bertz CT molecular complexity index is 387. The molecule has 2 rings (SSSR count). The third-order valence-electron chi connectivity index (χ3n) is 3.05. The molecule has 0 bridgehead atoms. The molecule has 0 atom stereocenters. The highest BCUT2D eigenvalue weighted by Crippen LogP contribution is 2.16. The predicted molar refractivity (Wildman–Crippen MR) is 65.2 cm³/mol. The third-order valence-corrected chi connectivity index (χ3v) is 3.05. The molecule has 1 amide bonds. The third kappa shape index (κ3) is 3.27. The lowest BCUT2D eigenvalue weighted by atomic mass is 10.1. The number of carbonyl (C=O) groups is 1. The summed E-state index contributed by atoms with van der Waals surface area (Å²) in [5, 5.41) is 22.5. The van der Waals surface area contributed by atoms with Crippen LogP contribution in [0.4, 0.5) is 0 Å². The fraction of sp³-hybridized carbons (Fsp3) is 0.727. The summed E-state index contributed by atoms with van der Waals surface area (Å²) in [7, 11) is 0. The zero-order chi connectivity index (χ0) is 12.8. The molecule has 1 aliphatic heterocycles. The van der Waals surface area contributed by atoms with Crippen LogP contribution in [-0.4, -0.2) is 52.2 Å². The number of carbonyl (C=O) groups excluding carboxylic acids is 1. The lowest BCUT2D eigenvalue weighted by molar-refractivity contribution is 0.0946. The second kappa shape index (κ2) is 6.46. The maximum absolute atomic E-state index is 11.7. The fourth-order valence-corrected chi connectivity index (χ4v) is 2.00. The SMILES string of the molecule is O=C(NCCCO)c1cn(C2CCNCC2)nn1. The molecule has 0 spiro atoms. The van der Waals surface area contributed by atoms with Crippen molar-refractivity contribution in [1.82, 2.24) is 25.6 Å². The van der Waals surface area contributed by atoms with Crippen LogP contribution in [-0.2, 0) is 0 Å². The predicted octanol–water partition coefficient (Wildman–Crippen LogP) is -0.685. The number of piperidine rings is 1. The lowest BCUT2D eigenvalue weighted by Crippen LogP contribution is -2.29. The summed E-state index contributed by atoms with van der Waals surface area (Å²) in [6.07, 6.45) is 4.27. The van der Waals surface area contributed by atoms with Crippen molar-refractivity contribution in [3.05, 3.63) is 11.9 Å². The zero-order valence-corrected chi connectivity index (χ0v) is 10.3. The van der Waals surface area contributed by atoms with Gasteiger partial charge in [-0.3, -0.25) is 4.79 Å². The first-order valence-electron chi connectivity index (χ1n) is 6.33. The topological polar surface area (TPSA) is 92.1 Å². The van der Waals surface area contributed by atoms with Crippen LogP contribution < -0.4 is 10.6 Å². The normalized spacial score (nSPS) is 16.7. The van der Waals surface area contributed by atoms with Crippen molar-refractivity contribution in [1.29, 1.82) is 0 Å². The Hall–Kier alpha value is -1.47. The number of amides is 1. The van der Waals surface area contributed by atoms with E-state index in [4.69, 9.17) is 5.11 Å². The molecule has 0 unspecified atom stereocenters. The van der Waals surface area contributed by atoms with E-state index >= 15 is 0 Å². The molecule has 1 aromatic rings. The van der Waals surface area contributed by atoms with Crippen molar-refractivity contribution in [2.24, 2.45) is 0 Å². The number of hydrogen-bond acceptors (Lipinski definition) is 5. The first kappa shape index (κ1) is 13.0. The number of nitrogens with one attached hydrogen (secondary N) is 2. The molecule has 3 N–H and O–H groups in total. The Balaban J connectivity index is 1.90. The number of aliphatic hydroxyl groups excluding tert-OH is 1. The van der Waals surface area contributed by atoms with Crippen molar-refractivity contribution in [2.75, 3.05) is 26.2 Å². The van der Waals surface area contributed by atoms with E-state index in [9.17, 15) is 4.79 Å². The smallest absolute Gasteiger partial charge is 0.273 e. The number of hydrogen-bond donors (Lipinski definition) is 3. The Morgan fingerprint density at radius 3 is 3.06 bits per heavy atom. The van der Waals surface area contributed by atoms with Crippen molar-refractivity contribution >= 4 is 5.91 Å². The quantitative estimate of drug-likeness (QED) is 0.604. The zero-order valence-electron chi connectivity index (χ0n) is 10.3. The van der Waals surface area contributed by atoms with E-state index in [0.717, 1.165) is 25.9 Å². The molecule has 0 aliphatic carbocycles. The Kier molecular flexibility index (Phi) is 4.66. The van der Waals surface area contributed by atoms with Gasteiger partial charge >= 0.3 is 0 Å². The van der Waals surface area contributed by atoms with Gasteiger partial charge in [0, 0.05) is 13.2 Å². The highest BCUT2D eigenvalue weighted by atomic mass is 16.3. The molecule has 1 aromatic heterocycles. The van der Waals surface area contributed by atoms with Gasteiger partial charge in [-0.2, -0.15) is 0 Å². The summed E-state index contributed by atoms with van der Waals surface area (Å²) in [4.78, 5) is 11.7. The highest BCUT2D eigenvalue weighted by molar-refractivity contribution is 5.91. The van der Waals surface area contributed by atoms with E-state index in [2.05, 4.69) is 20.9 Å². The van der Waals surface area contributed by atoms with Gasteiger partial charge in [0.25, 0.3) is 5.91 Å². The Labute approximate surface area is 106 Å². The second-order valence-electron chi connectivity index (χ2n) is 4.40. The summed E-state index contributed by atoms with van der Waals surface area (Å²) in [6, 6.07) is 0.331. The molecule has 0 radical (unpaired) electrons. The van der Waals surface area contributed by atoms with Crippen LogP contribution in [0.1, 0.15) is 35.8 Å². The van der Waals surface area contributed by atoms with Crippen molar-refractivity contribution < 1.29 is 9.90 Å². The van der Waals surface area contributed by atoms with E-state index in [1.165, 1.54) is 0 Å². The number of aliphatic hydroxyl groups is 1. The molecule has 0 saturated carbocycles. The molecule has 1 fully saturated rings. The van der Waals surface area contributed by atoms with Crippen molar-refractivity contribution in [2.45, 2.75) is 25.3 Å². The van der Waals surface area contributed by atoms with Crippen LogP contribution in [0, 0.1) is 0 Å². The first-order valence-corrected chi connectivity index (χ1v) is 6.33. The minimum absolute atomic E-state index is 0.0715. The van der Waals surface area contributed by atoms with Crippen LogP contribution in [0.25, 0.3) is 0 Å². The largest absolute Gasteiger partial charge is 0.396 e. The maximum atomic E-state index is 11.7. The molecule has 1 aliphatic rings. The van der Waals surface area contributed by atoms with Gasteiger partial charge < -0.3 is 15.7 Å². The van der Waals surface area contributed by atoms with Gasteiger partial charge in [-0.25, -0.2) is 4.68 Å². The highest BCUT2D eigenvalue weighted by Gasteiger charge is 2.18. The van der Waals surface area contributed by atoms with Gasteiger partial charge in [-0.1, -0.05) is 5.21 Å². The van der Waals surface area contributed by atoms with Gasteiger partial charge in [0.1, 0.15) is 0 Å². The number of aromatic nitrogens is 3. The van der Waals surface area contributed by atoms with Crippen molar-refractivity contribution in [3.8, 4) is 0 Å². The average Bonchev–Trinajstić information content (AvgIpc) is 2.89. The maximum Gasteiger partial charge on any atom is 0.273 e. The summed E-state index contributed by atoms with van der Waals surface area (Å²) < 4.78 is 1.78. The van der Waals surface area contributed by atoms with Gasteiger partial charge in [0.15, 0.2) is 5.69 Å². The average molecular weight is 253 g/mol. The monoisotopic (exact) mass is 253 g/mol. The van der Waals surface area contributed by atoms with Gasteiger partial charge in [-0.05, 0) is 32.4 Å². The molecule has 18 heavy (non-hydrogen) atoms. The first-order chi connectivity index (χ1) is 8.81. The molecule has 2 heterocycles. The van der Waals surface area contributed by atoms with Crippen molar-refractivity contribution in [3.63, 3.8) is 0 Å². The summed E-state index contributed by atoms with van der Waals surface area (Å²) in [5.41, 5.74) is 0.339. The second-order valence-corrected chi connectivity index (χ2v) is 4.40. The van der Waals surface area contributed by atoms with Gasteiger partial charge in [0.2, 0.25) is 0 Å². The summed E-state index contributed by atoms with van der Waals surface area (Å²) in [6.45, 7) is 2.47. The van der Waals surface area contributed by atoms with Crippen LogP contribution in [0.2, 0.25) is 0 Å². The van der Waals surface area contributed by atoms with Crippen LogP contribution >= 0.6 is 0 Å². The molecule has 7 heteroatoms. The van der Waals surface area contributed by atoms with Crippen LogP contribution in [0.3, 0.4) is 0 Å². The molecular formula is C11H19N5O2. The van der Waals surface area contributed by atoms with E-state index < -0.39 is 0 Å². The summed E-state index contributed by atoms with van der Waals surface area (Å²) >= 11 is 0. The summed E-state index contributed by atoms with van der Waals surface area (Å²) in [5.74, 6) is -0.233. The minimum Gasteiger partial charge on any atom is -0.396 e. The molecule has 1 saturated heterocycles.